The van der Waals surface area contributed by atoms with E-state index in [2.05, 4.69) is 26.1 Å². The number of oxazole rings is 1. The molecule has 5 nitrogen and oxygen atoms in total. The molecule has 10 atom stereocenters. The summed E-state index contributed by atoms with van der Waals surface area (Å²) in [5.41, 5.74) is 0.159. The molecule has 0 saturated heterocycles. The molecule has 34 heavy (non-hydrogen) atoms. The molecule has 3 aliphatic carbocycles. The van der Waals surface area contributed by atoms with E-state index in [1.807, 2.05) is 10.8 Å². The van der Waals surface area contributed by atoms with E-state index in [0.717, 1.165) is 44.9 Å². The van der Waals surface area contributed by atoms with Crippen LogP contribution in [0.2, 0.25) is 0 Å². The van der Waals surface area contributed by atoms with Crippen molar-refractivity contribution in [3.05, 3.63) is 18.1 Å². The molecule has 0 radical (unpaired) electrons. The van der Waals surface area contributed by atoms with E-state index in [4.69, 9.17) is 21.4 Å². The number of nitrogens with zero attached hydrogens (tertiary/aromatic N) is 1. The molecule has 7 heteroatoms. The van der Waals surface area contributed by atoms with Crippen LogP contribution in [-0.4, -0.2) is 28.1 Å². The molecule has 4 rings (SSSR count). The van der Waals surface area contributed by atoms with Gasteiger partial charge in [0.15, 0.2) is 0 Å². The Morgan fingerprint density at radius 1 is 1.18 bits per heavy atom. The SMILES string of the molecule is CC1CC([C@H](C)NC(=O)C2CC(Cn3ccoc3=N)CC(C3CCC(F)CC3C)C2)CCC1Cl. The minimum Gasteiger partial charge on any atom is -0.432 e. The van der Waals surface area contributed by atoms with Crippen LogP contribution < -0.4 is 11.0 Å². The summed E-state index contributed by atoms with van der Waals surface area (Å²) in [6.45, 7) is 7.27. The summed E-state index contributed by atoms with van der Waals surface area (Å²) in [6.07, 6.45) is 10.9. The first-order chi connectivity index (χ1) is 16.2. The molecule has 1 aromatic rings. The molecule has 9 unspecified atom stereocenters. The number of hydrogen-bond donors (Lipinski definition) is 2. The van der Waals surface area contributed by atoms with Crippen LogP contribution in [0.25, 0.3) is 0 Å². The van der Waals surface area contributed by atoms with E-state index in [1.54, 1.807) is 6.26 Å². The molecule has 3 fully saturated rings. The van der Waals surface area contributed by atoms with Crippen molar-refractivity contribution in [2.75, 3.05) is 0 Å². The first kappa shape index (κ1) is 25.8. The minimum absolute atomic E-state index is 0.0232. The summed E-state index contributed by atoms with van der Waals surface area (Å²) >= 11 is 6.43. The largest absolute Gasteiger partial charge is 0.432 e. The third kappa shape index (κ3) is 6.09. The van der Waals surface area contributed by atoms with Crippen molar-refractivity contribution in [1.82, 2.24) is 9.88 Å². The van der Waals surface area contributed by atoms with Crippen LogP contribution in [0.1, 0.15) is 78.6 Å². The van der Waals surface area contributed by atoms with Crippen LogP contribution in [0.3, 0.4) is 0 Å². The summed E-state index contributed by atoms with van der Waals surface area (Å²) < 4.78 is 21.1. The lowest BCUT2D eigenvalue weighted by Crippen LogP contribution is -2.46. The fourth-order valence-corrected chi connectivity index (χ4v) is 7.52. The zero-order valence-electron chi connectivity index (χ0n) is 21.0. The van der Waals surface area contributed by atoms with Gasteiger partial charge in [0.25, 0.3) is 5.68 Å². The number of nitrogens with one attached hydrogen (secondary N) is 2. The highest BCUT2D eigenvalue weighted by atomic mass is 35.5. The summed E-state index contributed by atoms with van der Waals surface area (Å²) in [6, 6.07) is 0.155. The lowest BCUT2D eigenvalue weighted by atomic mass is 9.63. The van der Waals surface area contributed by atoms with Crippen LogP contribution in [0.5, 0.6) is 0 Å². The molecule has 1 aromatic heterocycles. The molecule has 0 spiro atoms. The molecule has 3 aliphatic rings. The Hall–Kier alpha value is -1.30. The number of carbonyl (C=O) groups excluding carboxylic acids is 1. The van der Waals surface area contributed by atoms with Gasteiger partial charge in [-0.3, -0.25) is 14.8 Å². The molecule has 0 aromatic carbocycles. The van der Waals surface area contributed by atoms with E-state index in [9.17, 15) is 9.18 Å². The van der Waals surface area contributed by atoms with Gasteiger partial charge in [0.05, 0.1) is 0 Å². The maximum Gasteiger partial charge on any atom is 0.293 e. The minimum atomic E-state index is -0.677. The van der Waals surface area contributed by atoms with E-state index >= 15 is 0 Å². The summed E-state index contributed by atoms with van der Waals surface area (Å²) in [5.74, 6) is 2.71. The quantitative estimate of drug-likeness (QED) is 0.481. The molecular weight excluding hydrogens is 453 g/mol. The molecule has 3 saturated carbocycles. The van der Waals surface area contributed by atoms with Gasteiger partial charge in [-0.05, 0) is 100 Å². The monoisotopic (exact) mass is 495 g/mol. The normalized spacial score (nSPS) is 40.0. The van der Waals surface area contributed by atoms with Gasteiger partial charge in [-0.1, -0.05) is 13.8 Å². The second-order valence-corrected chi connectivity index (χ2v) is 12.4. The number of hydrogen-bond acceptors (Lipinski definition) is 3. The Labute approximate surface area is 208 Å². The first-order valence-corrected chi connectivity index (χ1v) is 13.9. The second kappa shape index (κ2) is 11.2. The van der Waals surface area contributed by atoms with Crippen molar-refractivity contribution in [2.45, 2.75) is 103 Å². The molecule has 0 bridgehead atoms. The topological polar surface area (TPSA) is 71.0 Å². The average Bonchev–Trinajstić information content (AvgIpc) is 3.19. The highest BCUT2D eigenvalue weighted by molar-refractivity contribution is 6.20. The van der Waals surface area contributed by atoms with Crippen molar-refractivity contribution in [3.63, 3.8) is 0 Å². The highest BCUT2D eigenvalue weighted by Crippen LogP contribution is 2.46. The highest BCUT2D eigenvalue weighted by Gasteiger charge is 2.41. The van der Waals surface area contributed by atoms with Crippen LogP contribution in [-0.2, 0) is 11.3 Å². The number of amides is 1. The fourth-order valence-electron chi connectivity index (χ4n) is 7.29. The first-order valence-electron chi connectivity index (χ1n) is 13.5. The van der Waals surface area contributed by atoms with Crippen molar-refractivity contribution in [2.24, 2.45) is 41.4 Å². The molecule has 2 N–H and O–H groups in total. The van der Waals surface area contributed by atoms with Crippen LogP contribution in [0.15, 0.2) is 16.9 Å². The van der Waals surface area contributed by atoms with E-state index in [-0.39, 0.29) is 28.9 Å². The third-order valence-electron chi connectivity index (χ3n) is 9.31. The van der Waals surface area contributed by atoms with Crippen molar-refractivity contribution in [1.29, 1.82) is 5.41 Å². The van der Waals surface area contributed by atoms with E-state index in [0.29, 0.717) is 54.9 Å². The lowest BCUT2D eigenvalue weighted by Gasteiger charge is -2.43. The lowest BCUT2D eigenvalue weighted by molar-refractivity contribution is -0.129. The van der Waals surface area contributed by atoms with Crippen molar-refractivity contribution < 1.29 is 13.6 Å². The smallest absolute Gasteiger partial charge is 0.293 e. The van der Waals surface area contributed by atoms with Crippen LogP contribution in [0.4, 0.5) is 4.39 Å². The molecule has 1 amide bonds. The van der Waals surface area contributed by atoms with Crippen molar-refractivity contribution >= 4 is 17.5 Å². The number of aromatic nitrogens is 1. The predicted molar refractivity (Wildman–Crippen MR) is 132 cm³/mol. The number of halogens is 2. The zero-order valence-corrected chi connectivity index (χ0v) is 21.8. The average molecular weight is 496 g/mol. The van der Waals surface area contributed by atoms with Crippen molar-refractivity contribution in [3.8, 4) is 0 Å². The van der Waals surface area contributed by atoms with E-state index < -0.39 is 6.17 Å². The second-order valence-electron chi connectivity index (χ2n) is 11.8. The maximum absolute atomic E-state index is 14.0. The van der Waals surface area contributed by atoms with Gasteiger partial charge >= 0.3 is 0 Å². The Morgan fingerprint density at radius 2 is 1.97 bits per heavy atom. The Bertz CT molecular complexity index is 872. The fraction of sp³-hybridized carbons (Fsp3) is 0.852. The van der Waals surface area contributed by atoms with Gasteiger partial charge in [-0.15, -0.1) is 11.6 Å². The van der Waals surface area contributed by atoms with Crippen LogP contribution in [0, 0.1) is 46.8 Å². The maximum atomic E-state index is 14.0. The molecule has 0 aliphatic heterocycles. The third-order valence-corrected chi connectivity index (χ3v) is 9.96. The molecule has 192 valence electrons. The molecular formula is C27H43ClFN3O2. The molecule has 1 heterocycles. The van der Waals surface area contributed by atoms with Gasteiger partial charge < -0.3 is 9.73 Å². The van der Waals surface area contributed by atoms with Gasteiger partial charge in [0.1, 0.15) is 12.4 Å². The Balaban J connectivity index is 1.44. The zero-order chi connectivity index (χ0) is 24.4. The van der Waals surface area contributed by atoms with Gasteiger partial charge in [0, 0.05) is 30.1 Å². The van der Waals surface area contributed by atoms with Gasteiger partial charge in [-0.25, -0.2) is 4.39 Å². The van der Waals surface area contributed by atoms with E-state index in [1.165, 1.54) is 0 Å². The number of alkyl halides is 2. The van der Waals surface area contributed by atoms with Gasteiger partial charge in [0.2, 0.25) is 5.91 Å². The number of carbonyl (C=O) groups is 1. The Morgan fingerprint density at radius 3 is 2.65 bits per heavy atom. The Kier molecular flexibility index (Phi) is 8.48. The van der Waals surface area contributed by atoms with Crippen LogP contribution >= 0.6 is 11.6 Å². The predicted octanol–water partition coefficient (Wildman–Crippen LogP) is 5.92. The number of rotatable bonds is 6. The standard InChI is InChI=1S/C27H43ClFN3O2/c1-16-11-23(29)5-6-24(16)21-12-19(15-32-8-9-34-27(32)30)13-22(14-21)26(33)31-18(3)20-4-7-25(28)17(2)10-20/h8-9,16-25,30H,4-7,10-15H2,1-3H3,(H,31,33)/t16?,17?,18-,19?,20?,21?,22?,23?,24?,25?/m0/s1. The summed E-state index contributed by atoms with van der Waals surface area (Å²) in [7, 11) is 0. The summed E-state index contributed by atoms with van der Waals surface area (Å²) in [4.78, 5) is 13.5. The summed E-state index contributed by atoms with van der Waals surface area (Å²) in [5, 5.41) is 11.6. The van der Waals surface area contributed by atoms with Gasteiger partial charge in [-0.2, -0.15) is 0 Å².